The van der Waals surface area contributed by atoms with Crippen LogP contribution in [0.3, 0.4) is 0 Å². The number of rotatable bonds is 5. The van der Waals surface area contributed by atoms with Crippen LogP contribution in [0, 0.1) is 10.1 Å². The van der Waals surface area contributed by atoms with Gasteiger partial charge in [0.1, 0.15) is 0 Å². The zero-order valence-corrected chi connectivity index (χ0v) is 14.4. The molecule has 0 fully saturated rings. The molecule has 0 aliphatic heterocycles. The van der Waals surface area contributed by atoms with Crippen LogP contribution in [-0.4, -0.2) is 16.6 Å². The van der Waals surface area contributed by atoms with Crippen molar-refractivity contribution in [2.24, 2.45) is 5.16 Å². The summed E-state index contributed by atoms with van der Waals surface area (Å²) in [5.74, 6) is -0.504. The number of carbonyl (C=O) groups excluding carboxylic acids is 1. The maximum absolute atomic E-state index is 10.8. The minimum Gasteiger partial charge on any atom is -0.318 e. The Bertz CT molecular complexity index is 806. The number of halogens is 1. The van der Waals surface area contributed by atoms with Crippen molar-refractivity contribution in [3.63, 3.8) is 0 Å². The average Bonchev–Trinajstić information content (AvgIpc) is 2.53. The molecule has 2 rings (SSSR count). The van der Waals surface area contributed by atoms with Crippen LogP contribution >= 0.6 is 23.4 Å². The second-order valence-electron chi connectivity index (χ2n) is 4.75. The fourth-order valence-electron chi connectivity index (χ4n) is 1.81. The summed E-state index contributed by atoms with van der Waals surface area (Å²) in [4.78, 5) is 27.3. The molecule has 6 nitrogen and oxygen atoms in total. The third kappa shape index (κ3) is 4.81. The van der Waals surface area contributed by atoms with Crippen LogP contribution in [0.1, 0.15) is 19.4 Å². The van der Waals surface area contributed by atoms with Gasteiger partial charge in [-0.05, 0) is 31.2 Å². The van der Waals surface area contributed by atoms with Crippen molar-refractivity contribution in [2.75, 3.05) is 0 Å². The van der Waals surface area contributed by atoms with Gasteiger partial charge in [0, 0.05) is 34.4 Å². The van der Waals surface area contributed by atoms with E-state index in [1.165, 1.54) is 30.8 Å². The summed E-state index contributed by atoms with van der Waals surface area (Å²) < 4.78 is 0. The summed E-state index contributed by atoms with van der Waals surface area (Å²) in [5.41, 5.74) is 1.19. The number of benzene rings is 2. The van der Waals surface area contributed by atoms with E-state index in [-0.39, 0.29) is 5.69 Å². The molecule has 0 aromatic heterocycles. The first-order valence-corrected chi connectivity index (χ1v) is 8.00. The van der Waals surface area contributed by atoms with E-state index in [1.807, 2.05) is 6.07 Å². The number of oxime groups is 1. The SMILES string of the molecule is CC(=O)ON=C(C)c1ccc(Sc2ccc([N+](=O)[O-])cc2)cc1Cl. The number of nitrogens with zero attached hydrogens (tertiary/aromatic N) is 2. The highest BCUT2D eigenvalue weighted by atomic mass is 35.5. The Hall–Kier alpha value is -2.38. The molecule has 8 heteroatoms. The molecular formula is C16H13ClN2O4S. The van der Waals surface area contributed by atoms with Crippen molar-refractivity contribution in [1.82, 2.24) is 0 Å². The van der Waals surface area contributed by atoms with Gasteiger partial charge in [-0.25, -0.2) is 4.79 Å². The van der Waals surface area contributed by atoms with Crippen molar-refractivity contribution < 1.29 is 14.6 Å². The monoisotopic (exact) mass is 364 g/mol. The molecule has 0 N–H and O–H groups in total. The summed E-state index contributed by atoms with van der Waals surface area (Å²) in [6.45, 7) is 2.95. The van der Waals surface area contributed by atoms with Crippen molar-refractivity contribution in [3.05, 3.63) is 63.2 Å². The maximum atomic E-state index is 10.8. The Labute approximate surface area is 147 Å². The van der Waals surface area contributed by atoms with Crippen LogP contribution in [0.15, 0.2) is 57.4 Å². The zero-order valence-electron chi connectivity index (χ0n) is 12.9. The molecule has 124 valence electrons. The highest BCUT2D eigenvalue weighted by Gasteiger charge is 2.09. The normalized spacial score (nSPS) is 11.2. The van der Waals surface area contributed by atoms with Crippen LogP contribution in [0.5, 0.6) is 0 Å². The Morgan fingerprint density at radius 1 is 1.17 bits per heavy atom. The summed E-state index contributed by atoms with van der Waals surface area (Å²) in [7, 11) is 0. The molecule has 0 heterocycles. The van der Waals surface area contributed by atoms with Gasteiger partial charge in [-0.15, -0.1) is 0 Å². The summed E-state index contributed by atoms with van der Waals surface area (Å²) in [6, 6.07) is 11.6. The molecule has 0 bridgehead atoms. The van der Waals surface area contributed by atoms with E-state index >= 15 is 0 Å². The standard InChI is InChI=1S/C16H13ClN2O4S/c1-10(18-23-11(2)20)15-8-7-14(9-16(15)17)24-13-5-3-12(4-6-13)19(21)22/h3-9H,1-2H3. The minimum absolute atomic E-state index is 0.0463. The predicted molar refractivity (Wildman–Crippen MR) is 92.6 cm³/mol. The Morgan fingerprint density at radius 2 is 1.79 bits per heavy atom. The van der Waals surface area contributed by atoms with Crippen LogP contribution < -0.4 is 0 Å². The highest BCUT2D eigenvalue weighted by Crippen LogP contribution is 2.32. The van der Waals surface area contributed by atoms with E-state index in [0.717, 1.165) is 9.79 Å². The number of hydrogen-bond acceptors (Lipinski definition) is 6. The van der Waals surface area contributed by atoms with Gasteiger partial charge in [0.05, 0.1) is 15.7 Å². The van der Waals surface area contributed by atoms with E-state index in [4.69, 9.17) is 11.6 Å². The lowest BCUT2D eigenvalue weighted by atomic mass is 10.1. The van der Waals surface area contributed by atoms with E-state index in [9.17, 15) is 14.9 Å². The van der Waals surface area contributed by atoms with Gasteiger partial charge in [0.25, 0.3) is 5.69 Å². The van der Waals surface area contributed by atoms with Crippen LogP contribution in [0.2, 0.25) is 5.02 Å². The van der Waals surface area contributed by atoms with E-state index in [1.54, 1.807) is 31.2 Å². The molecule has 0 aliphatic carbocycles. The first kappa shape index (κ1) is 18.0. The van der Waals surface area contributed by atoms with Crippen LogP contribution in [0.25, 0.3) is 0 Å². The third-order valence-corrected chi connectivity index (χ3v) is 4.23. The summed E-state index contributed by atoms with van der Waals surface area (Å²) in [5, 5.41) is 14.8. The zero-order chi connectivity index (χ0) is 17.7. The smallest absolute Gasteiger partial charge is 0.318 e. The second-order valence-corrected chi connectivity index (χ2v) is 6.31. The third-order valence-electron chi connectivity index (χ3n) is 2.92. The van der Waals surface area contributed by atoms with Crippen molar-refractivity contribution in [1.29, 1.82) is 0 Å². The van der Waals surface area contributed by atoms with E-state index < -0.39 is 10.9 Å². The quantitative estimate of drug-likeness (QED) is 0.333. The van der Waals surface area contributed by atoms with Gasteiger partial charge in [0.15, 0.2) is 0 Å². The molecule has 0 amide bonds. The average molecular weight is 365 g/mol. The van der Waals surface area contributed by atoms with Gasteiger partial charge in [0.2, 0.25) is 0 Å². The Morgan fingerprint density at radius 3 is 2.33 bits per heavy atom. The lowest BCUT2D eigenvalue weighted by Crippen LogP contribution is -2.00. The number of carbonyl (C=O) groups is 1. The van der Waals surface area contributed by atoms with Crippen molar-refractivity contribution in [3.8, 4) is 0 Å². The molecular weight excluding hydrogens is 352 g/mol. The van der Waals surface area contributed by atoms with Crippen LogP contribution in [-0.2, 0) is 9.63 Å². The van der Waals surface area contributed by atoms with E-state index in [0.29, 0.717) is 16.3 Å². The lowest BCUT2D eigenvalue weighted by molar-refractivity contribution is -0.384. The van der Waals surface area contributed by atoms with Gasteiger partial charge in [-0.1, -0.05) is 34.6 Å². The topological polar surface area (TPSA) is 81.8 Å². The fourth-order valence-corrected chi connectivity index (χ4v) is 3.05. The number of nitro groups is 1. The molecule has 0 aliphatic rings. The molecule has 0 radical (unpaired) electrons. The van der Waals surface area contributed by atoms with Crippen molar-refractivity contribution in [2.45, 2.75) is 23.6 Å². The van der Waals surface area contributed by atoms with Gasteiger partial charge in [-0.2, -0.15) is 0 Å². The molecule has 0 spiro atoms. The maximum Gasteiger partial charge on any atom is 0.331 e. The molecule has 2 aromatic rings. The molecule has 2 aromatic carbocycles. The summed E-state index contributed by atoms with van der Waals surface area (Å²) in [6.07, 6.45) is 0. The van der Waals surface area contributed by atoms with E-state index in [2.05, 4.69) is 9.99 Å². The fraction of sp³-hybridized carbons (Fsp3) is 0.125. The first-order chi connectivity index (χ1) is 11.4. The number of hydrogen-bond donors (Lipinski definition) is 0. The number of non-ortho nitro benzene ring substituents is 1. The largest absolute Gasteiger partial charge is 0.331 e. The minimum atomic E-state index is -0.504. The summed E-state index contributed by atoms with van der Waals surface area (Å²) >= 11 is 7.68. The first-order valence-electron chi connectivity index (χ1n) is 6.81. The highest BCUT2D eigenvalue weighted by molar-refractivity contribution is 7.99. The molecule has 0 atom stereocenters. The molecule has 0 saturated carbocycles. The lowest BCUT2D eigenvalue weighted by Gasteiger charge is -2.07. The predicted octanol–water partition coefficient (Wildman–Crippen LogP) is 4.69. The Kier molecular flexibility index (Phi) is 5.94. The van der Waals surface area contributed by atoms with Crippen molar-refractivity contribution >= 4 is 40.7 Å². The Balaban J connectivity index is 2.15. The molecule has 24 heavy (non-hydrogen) atoms. The number of nitro benzene ring substituents is 1. The second kappa shape index (κ2) is 7.94. The molecule has 0 saturated heterocycles. The van der Waals surface area contributed by atoms with Crippen LogP contribution in [0.4, 0.5) is 5.69 Å². The molecule has 0 unspecified atom stereocenters. The van der Waals surface area contributed by atoms with Gasteiger partial charge >= 0.3 is 5.97 Å². The van der Waals surface area contributed by atoms with Gasteiger partial charge in [-0.3, -0.25) is 10.1 Å². The van der Waals surface area contributed by atoms with Gasteiger partial charge < -0.3 is 4.84 Å².